The molecule has 2 aromatic heterocycles. The van der Waals surface area contributed by atoms with Crippen LogP contribution in [0, 0.1) is 20.8 Å². The molecule has 1 aliphatic heterocycles. The van der Waals surface area contributed by atoms with Gasteiger partial charge in [-0.15, -0.1) is 0 Å². The van der Waals surface area contributed by atoms with Crippen LogP contribution in [0.5, 0.6) is 0 Å². The van der Waals surface area contributed by atoms with Crippen molar-refractivity contribution in [2.75, 3.05) is 26.2 Å². The summed E-state index contributed by atoms with van der Waals surface area (Å²) in [5.74, 6) is -0.229. The van der Waals surface area contributed by atoms with Crippen LogP contribution in [0.3, 0.4) is 0 Å². The van der Waals surface area contributed by atoms with Crippen molar-refractivity contribution in [1.82, 2.24) is 29.4 Å². The van der Waals surface area contributed by atoms with Crippen LogP contribution in [0.15, 0.2) is 17.3 Å². The lowest BCUT2D eigenvalue weighted by Gasteiger charge is -2.21. The maximum atomic E-state index is 13.0. The second kappa shape index (κ2) is 7.12. The minimum absolute atomic E-state index is 0.224. The molecule has 9 nitrogen and oxygen atoms in total. The summed E-state index contributed by atoms with van der Waals surface area (Å²) in [5.41, 5.74) is 1.98. The van der Waals surface area contributed by atoms with Gasteiger partial charge in [-0.2, -0.15) is 9.40 Å². The lowest BCUT2D eigenvalue weighted by molar-refractivity contribution is 0.0758. The minimum Gasteiger partial charge on any atom is -0.336 e. The minimum atomic E-state index is -3.65. The fourth-order valence-corrected chi connectivity index (χ4v) is 4.85. The summed E-state index contributed by atoms with van der Waals surface area (Å²) in [7, 11) is -3.65. The Hall–Kier alpha value is -2.33. The molecule has 1 fully saturated rings. The molecule has 140 valence electrons. The number of carbonyl (C=O) groups excluding carboxylic acids is 1. The molecule has 0 bridgehead atoms. The number of nitrogens with zero attached hydrogens (tertiary/aromatic N) is 5. The molecule has 26 heavy (non-hydrogen) atoms. The van der Waals surface area contributed by atoms with Crippen LogP contribution in [-0.2, 0) is 10.0 Å². The number of hydrogen-bond acceptors (Lipinski definition) is 6. The van der Waals surface area contributed by atoms with Crippen LogP contribution < -0.4 is 0 Å². The smallest absolute Gasteiger partial charge is 0.274 e. The molecule has 1 aliphatic rings. The third kappa shape index (κ3) is 3.47. The number of carbonyl (C=O) groups is 1. The third-order valence-electron chi connectivity index (χ3n) is 4.40. The Balaban J connectivity index is 1.76. The zero-order valence-corrected chi connectivity index (χ0v) is 15.9. The first-order valence-electron chi connectivity index (χ1n) is 8.40. The number of nitrogens with one attached hydrogen (secondary N) is 1. The second-order valence-corrected chi connectivity index (χ2v) is 8.23. The van der Waals surface area contributed by atoms with Crippen LogP contribution in [-0.4, -0.2) is 69.9 Å². The summed E-state index contributed by atoms with van der Waals surface area (Å²) in [6.45, 7) is 6.53. The van der Waals surface area contributed by atoms with E-state index in [0.717, 1.165) is 5.69 Å². The Kier molecular flexibility index (Phi) is 5.05. The molecule has 0 atom stereocenters. The summed E-state index contributed by atoms with van der Waals surface area (Å²) in [6.07, 6.45) is 3.56. The molecule has 3 rings (SSSR count). The molecule has 0 unspecified atom stereocenters. The fraction of sp³-hybridized carbons (Fsp3) is 0.500. The molecular formula is C16H22N6O3S. The van der Waals surface area contributed by atoms with Gasteiger partial charge >= 0.3 is 0 Å². The van der Waals surface area contributed by atoms with E-state index in [2.05, 4.69) is 20.2 Å². The number of rotatable bonds is 3. The van der Waals surface area contributed by atoms with E-state index >= 15 is 0 Å². The van der Waals surface area contributed by atoms with Gasteiger partial charge in [0.2, 0.25) is 10.0 Å². The number of aryl methyl sites for hydroxylation is 3. The predicted octanol–water partition coefficient (Wildman–Crippen LogP) is 0.662. The van der Waals surface area contributed by atoms with Crippen molar-refractivity contribution in [2.45, 2.75) is 32.1 Å². The lowest BCUT2D eigenvalue weighted by atomic mass is 10.3. The number of H-pyrrole nitrogens is 1. The van der Waals surface area contributed by atoms with E-state index in [1.54, 1.807) is 31.9 Å². The van der Waals surface area contributed by atoms with Gasteiger partial charge in [-0.1, -0.05) is 0 Å². The Labute approximate surface area is 152 Å². The van der Waals surface area contributed by atoms with Crippen molar-refractivity contribution in [1.29, 1.82) is 0 Å². The van der Waals surface area contributed by atoms with Crippen LogP contribution in [0.1, 0.15) is 34.0 Å². The average molecular weight is 378 g/mol. The number of hydrogen-bond donors (Lipinski definition) is 1. The SMILES string of the molecule is Cc1cnc(C(=O)N2CCCN(S(=O)(=O)c3c(C)n[nH]c3C)CC2)cn1. The van der Waals surface area contributed by atoms with Crippen LogP contribution in [0.4, 0.5) is 0 Å². The van der Waals surface area contributed by atoms with Crippen molar-refractivity contribution >= 4 is 15.9 Å². The standard InChI is InChI=1S/C16H22N6O3S/c1-11-9-18-14(10-17-11)16(23)21-5-4-6-22(8-7-21)26(24,25)15-12(2)19-20-13(15)3/h9-10H,4-8H2,1-3H3,(H,19,20). The first-order chi connectivity index (χ1) is 12.3. The van der Waals surface area contributed by atoms with Crippen LogP contribution in [0.2, 0.25) is 0 Å². The van der Waals surface area contributed by atoms with Crippen molar-refractivity contribution in [2.24, 2.45) is 0 Å². The van der Waals surface area contributed by atoms with Gasteiger partial charge in [0.15, 0.2) is 0 Å². The summed E-state index contributed by atoms with van der Waals surface area (Å²) >= 11 is 0. The van der Waals surface area contributed by atoms with Gasteiger partial charge in [-0.05, 0) is 27.2 Å². The average Bonchev–Trinajstić information content (AvgIpc) is 2.81. The fourth-order valence-electron chi connectivity index (χ4n) is 3.05. The molecule has 1 N–H and O–H groups in total. The van der Waals surface area contributed by atoms with Crippen molar-refractivity contribution in [3.8, 4) is 0 Å². The predicted molar refractivity (Wildman–Crippen MR) is 94.1 cm³/mol. The zero-order valence-electron chi connectivity index (χ0n) is 15.1. The number of aromatic nitrogens is 4. The Morgan fingerprint density at radius 2 is 1.85 bits per heavy atom. The normalized spacial score (nSPS) is 16.5. The molecule has 0 radical (unpaired) electrons. The highest BCUT2D eigenvalue weighted by Crippen LogP contribution is 2.23. The molecule has 0 aromatic carbocycles. The number of amides is 1. The van der Waals surface area contributed by atoms with Gasteiger partial charge in [-0.25, -0.2) is 13.4 Å². The zero-order chi connectivity index (χ0) is 18.9. The summed E-state index contributed by atoms with van der Waals surface area (Å²) in [6, 6.07) is 0. The Morgan fingerprint density at radius 1 is 1.08 bits per heavy atom. The molecule has 2 aromatic rings. The van der Waals surface area contributed by atoms with E-state index in [1.807, 2.05) is 0 Å². The largest absolute Gasteiger partial charge is 0.336 e. The molecule has 1 saturated heterocycles. The van der Waals surface area contributed by atoms with E-state index in [0.29, 0.717) is 37.4 Å². The lowest BCUT2D eigenvalue weighted by Crippen LogP contribution is -2.38. The van der Waals surface area contributed by atoms with Crippen molar-refractivity contribution in [3.63, 3.8) is 0 Å². The van der Waals surface area contributed by atoms with E-state index < -0.39 is 10.0 Å². The van der Waals surface area contributed by atoms with Crippen molar-refractivity contribution in [3.05, 3.63) is 35.2 Å². The highest BCUT2D eigenvalue weighted by atomic mass is 32.2. The summed E-state index contributed by atoms with van der Waals surface area (Å²) in [5, 5.41) is 6.70. The third-order valence-corrected chi connectivity index (χ3v) is 6.56. The second-order valence-electron chi connectivity index (χ2n) is 6.36. The first kappa shape index (κ1) is 18.5. The molecular weight excluding hydrogens is 356 g/mol. The van der Waals surface area contributed by atoms with E-state index in [1.165, 1.54) is 10.5 Å². The van der Waals surface area contributed by atoms with Crippen LogP contribution >= 0.6 is 0 Å². The highest BCUT2D eigenvalue weighted by molar-refractivity contribution is 7.89. The molecule has 0 saturated carbocycles. The van der Waals surface area contributed by atoms with Gasteiger partial charge in [0.1, 0.15) is 10.6 Å². The van der Waals surface area contributed by atoms with Gasteiger partial charge < -0.3 is 4.90 Å². The topological polar surface area (TPSA) is 112 Å². The van der Waals surface area contributed by atoms with Gasteiger partial charge in [0.25, 0.3) is 5.91 Å². The summed E-state index contributed by atoms with van der Waals surface area (Å²) < 4.78 is 27.4. The van der Waals surface area contributed by atoms with E-state index in [4.69, 9.17) is 0 Å². The van der Waals surface area contributed by atoms with Gasteiger partial charge in [0.05, 0.1) is 23.3 Å². The van der Waals surface area contributed by atoms with Crippen molar-refractivity contribution < 1.29 is 13.2 Å². The summed E-state index contributed by atoms with van der Waals surface area (Å²) in [4.78, 5) is 22.7. The monoisotopic (exact) mass is 378 g/mol. The molecule has 0 spiro atoms. The van der Waals surface area contributed by atoms with Gasteiger partial charge in [0, 0.05) is 32.4 Å². The molecule has 1 amide bonds. The molecule has 3 heterocycles. The van der Waals surface area contributed by atoms with E-state index in [-0.39, 0.29) is 23.0 Å². The maximum Gasteiger partial charge on any atom is 0.274 e. The quantitative estimate of drug-likeness (QED) is 0.840. The number of sulfonamides is 1. The Bertz CT molecular complexity index is 887. The first-order valence-corrected chi connectivity index (χ1v) is 9.84. The molecule has 0 aliphatic carbocycles. The maximum absolute atomic E-state index is 13.0. The van der Waals surface area contributed by atoms with E-state index in [9.17, 15) is 13.2 Å². The van der Waals surface area contributed by atoms with Crippen LogP contribution in [0.25, 0.3) is 0 Å². The molecule has 10 heteroatoms. The number of aromatic amines is 1. The Morgan fingerprint density at radius 3 is 2.46 bits per heavy atom. The highest BCUT2D eigenvalue weighted by Gasteiger charge is 2.32. The van der Waals surface area contributed by atoms with Gasteiger partial charge in [-0.3, -0.25) is 14.9 Å².